The molecular weight excluding hydrogens is 244 g/mol. The average molecular weight is 272 g/mol. The molecule has 0 N–H and O–H groups in total. The minimum atomic E-state index is -0.352. The third-order valence-electron chi connectivity index (χ3n) is 3.16. The highest BCUT2D eigenvalue weighted by Gasteiger charge is 2.22. The third kappa shape index (κ3) is 9.51. The van der Waals surface area contributed by atoms with Crippen LogP contribution in [0.4, 0.5) is 0 Å². The Morgan fingerprint density at radius 2 is 1.63 bits per heavy atom. The van der Waals surface area contributed by atoms with Gasteiger partial charge < -0.3 is 9.47 Å². The number of hydrogen-bond acceptors (Lipinski definition) is 4. The highest BCUT2D eigenvalue weighted by Crippen LogP contribution is 2.17. The maximum absolute atomic E-state index is 11.6. The van der Waals surface area contributed by atoms with E-state index in [0.29, 0.717) is 13.0 Å². The van der Waals surface area contributed by atoms with Gasteiger partial charge in [0.15, 0.2) is 0 Å². The first-order chi connectivity index (χ1) is 9.15. The van der Waals surface area contributed by atoms with Crippen molar-refractivity contribution < 1.29 is 19.1 Å². The quantitative estimate of drug-likeness (QED) is 0.427. The summed E-state index contributed by atoms with van der Waals surface area (Å²) in [6.45, 7) is 4.30. The summed E-state index contributed by atoms with van der Waals surface area (Å²) in [5, 5.41) is 0. The molecule has 1 unspecified atom stereocenters. The molecular formula is C15H28O4. The molecule has 0 spiro atoms. The monoisotopic (exact) mass is 272 g/mol. The van der Waals surface area contributed by atoms with Gasteiger partial charge in [-0.2, -0.15) is 0 Å². The molecule has 0 aliphatic rings. The molecule has 0 saturated carbocycles. The van der Waals surface area contributed by atoms with Crippen LogP contribution in [-0.4, -0.2) is 25.7 Å². The predicted octanol–water partition coefficient (Wildman–Crippen LogP) is 3.48. The first-order valence-corrected chi connectivity index (χ1v) is 7.39. The van der Waals surface area contributed by atoms with Crippen molar-refractivity contribution in [2.75, 3.05) is 13.7 Å². The molecule has 4 heteroatoms. The highest BCUT2D eigenvalue weighted by atomic mass is 16.5. The Morgan fingerprint density at radius 3 is 2.21 bits per heavy atom. The van der Waals surface area contributed by atoms with E-state index in [0.717, 1.165) is 12.8 Å². The van der Waals surface area contributed by atoms with Gasteiger partial charge in [0.2, 0.25) is 0 Å². The zero-order valence-electron chi connectivity index (χ0n) is 12.6. The van der Waals surface area contributed by atoms with E-state index in [1.165, 1.54) is 32.8 Å². The molecule has 0 saturated heterocycles. The van der Waals surface area contributed by atoms with Gasteiger partial charge in [0, 0.05) is 0 Å². The maximum Gasteiger partial charge on any atom is 0.309 e. The van der Waals surface area contributed by atoms with Crippen molar-refractivity contribution in [2.24, 2.45) is 5.92 Å². The Balaban J connectivity index is 3.93. The van der Waals surface area contributed by atoms with Gasteiger partial charge in [-0.25, -0.2) is 0 Å². The van der Waals surface area contributed by atoms with E-state index in [9.17, 15) is 9.59 Å². The largest absolute Gasteiger partial charge is 0.469 e. The number of hydrogen-bond donors (Lipinski definition) is 0. The highest BCUT2D eigenvalue weighted by molar-refractivity contribution is 5.79. The Bertz CT molecular complexity index is 251. The van der Waals surface area contributed by atoms with E-state index in [-0.39, 0.29) is 24.3 Å². The summed E-state index contributed by atoms with van der Waals surface area (Å²) in [6.07, 6.45) is 7.85. The van der Waals surface area contributed by atoms with Gasteiger partial charge >= 0.3 is 11.9 Å². The van der Waals surface area contributed by atoms with Crippen molar-refractivity contribution in [1.82, 2.24) is 0 Å². The molecule has 0 aromatic carbocycles. The smallest absolute Gasteiger partial charge is 0.309 e. The Labute approximate surface area is 116 Å². The van der Waals surface area contributed by atoms with Crippen LogP contribution in [0.15, 0.2) is 0 Å². The van der Waals surface area contributed by atoms with Crippen molar-refractivity contribution in [2.45, 2.75) is 65.2 Å². The molecule has 0 heterocycles. The van der Waals surface area contributed by atoms with Crippen molar-refractivity contribution in [3.05, 3.63) is 0 Å². The Kier molecular flexibility index (Phi) is 11.3. The lowest BCUT2D eigenvalue weighted by Gasteiger charge is -2.13. The minimum Gasteiger partial charge on any atom is -0.469 e. The molecule has 0 aromatic heterocycles. The van der Waals surface area contributed by atoms with Crippen LogP contribution in [0.5, 0.6) is 0 Å². The number of methoxy groups -OCH3 is 1. The van der Waals surface area contributed by atoms with Crippen LogP contribution in [0.25, 0.3) is 0 Å². The molecule has 0 bridgehead atoms. The number of carbonyl (C=O) groups is 2. The summed E-state index contributed by atoms with van der Waals surface area (Å²) in [4.78, 5) is 23.0. The molecule has 0 aromatic rings. The summed E-state index contributed by atoms with van der Waals surface area (Å²) >= 11 is 0. The summed E-state index contributed by atoms with van der Waals surface area (Å²) in [5.41, 5.74) is 0. The molecule has 0 radical (unpaired) electrons. The van der Waals surface area contributed by atoms with E-state index < -0.39 is 0 Å². The van der Waals surface area contributed by atoms with Gasteiger partial charge in [-0.15, -0.1) is 0 Å². The van der Waals surface area contributed by atoms with Crippen LogP contribution in [0.2, 0.25) is 0 Å². The van der Waals surface area contributed by atoms with Crippen LogP contribution in [0.1, 0.15) is 65.2 Å². The zero-order valence-corrected chi connectivity index (χ0v) is 12.6. The van der Waals surface area contributed by atoms with Crippen molar-refractivity contribution in [3.8, 4) is 0 Å². The molecule has 0 fully saturated rings. The summed E-state index contributed by atoms with van der Waals surface area (Å²) < 4.78 is 9.62. The van der Waals surface area contributed by atoms with E-state index in [1.54, 1.807) is 6.92 Å². The van der Waals surface area contributed by atoms with Crippen molar-refractivity contribution >= 4 is 11.9 Å². The van der Waals surface area contributed by atoms with E-state index >= 15 is 0 Å². The number of ether oxygens (including phenoxy) is 2. The second-order valence-electron chi connectivity index (χ2n) is 4.79. The zero-order chi connectivity index (χ0) is 14.5. The molecule has 112 valence electrons. The normalized spacial score (nSPS) is 11.9. The lowest BCUT2D eigenvalue weighted by atomic mass is 9.97. The fourth-order valence-corrected chi connectivity index (χ4v) is 2.06. The second-order valence-corrected chi connectivity index (χ2v) is 4.79. The average Bonchev–Trinajstić information content (AvgIpc) is 2.40. The number of unbranched alkanes of at least 4 members (excludes halogenated alkanes) is 5. The molecule has 0 aliphatic carbocycles. The molecule has 4 nitrogen and oxygen atoms in total. The molecule has 0 amide bonds. The summed E-state index contributed by atoms with van der Waals surface area (Å²) in [5.74, 6) is -0.972. The van der Waals surface area contributed by atoms with E-state index in [2.05, 4.69) is 6.92 Å². The number of rotatable bonds is 11. The van der Waals surface area contributed by atoms with Gasteiger partial charge in [0.25, 0.3) is 0 Å². The Hall–Kier alpha value is -1.06. The lowest BCUT2D eigenvalue weighted by Crippen LogP contribution is -2.21. The van der Waals surface area contributed by atoms with Crippen LogP contribution in [0, 0.1) is 5.92 Å². The predicted molar refractivity (Wildman–Crippen MR) is 74.7 cm³/mol. The fourth-order valence-electron chi connectivity index (χ4n) is 2.06. The van der Waals surface area contributed by atoms with Crippen LogP contribution >= 0.6 is 0 Å². The minimum absolute atomic E-state index is 0.134. The molecule has 19 heavy (non-hydrogen) atoms. The van der Waals surface area contributed by atoms with Gasteiger partial charge in [0.05, 0.1) is 26.1 Å². The van der Waals surface area contributed by atoms with Crippen LogP contribution < -0.4 is 0 Å². The van der Waals surface area contributed by atoms with E-state index in [4.69, 9.17) is 9.47 Å². The van der Waals surface area contributed by atoms with Crippen LogP contribution in [-0.2, 0) is 19.1 Å². The molecule has 1 atom stereocenters. The third-order valence-corrected chi connectivity index (χ3v) is 3.16. The van der Waals surface area contributed by atoms with Gasteiger partial charge in [0.1, 0.15) is 0 Å². The second kappa shape index (κ2) is 12.0. The van der Waals surface area contributed by atoms with Crippen LogP contribution in [0.3, 0.4) is 0 Å². The Morgan fingerprint density at radius 1 is 1.00 bits per heavy atom. The first-order valence-electron chi connectivity index (χ1n) is 7.39. The SMILES string of the molecule is CCCCCCCCC(CC(=O)OCC)C(=O)OC. The summed E-state index contributed by atoms with van der Waals surface area (Å²) in [7, 11) is 1.36. The standard InChI is InChI=1S/C15H28O4/c1-4-6-7-8-9-10-11-13(15(17)18-3)12-14(16)19-5-2/h13H,4-12H2,1-3H3. The topological polar surface area (TPSA) is 52.6 Å². The first kappa shape index (κ1) is 17.9. The number of carbonyl (C=O) groups excluding carboxylic acids is 2. The van der Waals surface area contributed by atoms with Crippen molar-refractivity contribution in [1.29, 1.82) is 0 Å². The van der Waals surface area contributed by atoms with Gasteiger partial charge in [-0.3, -0.25) is 9.59 Å². The maximum atomic E-state index is 11.6. The van der Waals surface area contributed by atoms with E-state index in [1.807, 2.05) is 0 Å². The lowest BCUT2D eigenvalue weighted by molar-refractivity contribution is -0.153. The van der Waals surface area contributed by atoms with Crippen molar-refractivity contribution in [3.63, 3.8) is 0 Å². The molecule has 0 aliphatic heterocycles. The summed E-state index contributed by atoms with van der Waals surface area (Å²) in [6, 6.07) is 0. The van der Waals surface area contributed by atoms with Gasteiger partial charge in [-0.1, -0.05) is 45.4 Å². The van der Waals surface area contributed by atoms with Gasteiger partial charge in [-0.05, 0) is 13.3 Å². The fraction of sp³-hybridized carbons (Fsp3) is 0.867. The number of esters is 2. The molecule has 0 rings (SSSR count).